The van der Waals surface area contributed by atoms with Crippen molar-refractivity contribution in [3.63, 3.8) is 0 Å². The highest BCUT2D eigenvalue weighted by molar-refractivity contribution is 7.98. The highest BCUT2D eigenvalue weighted by atomic mass is 32.2. The first kappa shape index (κ1) is 23.1. The molecule has 0 spiro atoms. The predicted molar refractivity (Wildman–Crippen MR) is 106 cm³/mol. The van der Waals surface area contributed by atoms with E-state index in [1.807, 2.05) is 0 Å². The van der Waals surface area contributed by atoms with Crippen molar-refractivity contribution in [3.8, 4) is 0 Å². The SMILES string of the molecule is CC(C)NC(C)(C)NSC(C)N(C)CCC(C)NCCN(C)C. The summed E-state index contributed by atoms with van der Waals surface area (Å²) in [5, 5.41) is 7.56. The van der Waals surface area contributed by atoms with E-state index in [4.69, 9.17) is 0 Å². The highest BCUT2D eigenvalue weighted by Gasteiger charge is 2.20. The molecule has 0 aliphatic heterocycles. The van der Waals surface area contributed by atoms with E-state index in [-0.39, 0.29) is 5.66 Å². The Labute approximate surface area is 149 Å². The number of nitrogens with one attached hydrogen (secondary N) is 3. The zero-order valence-electron chi connectivity index (χ0n) is 16.9. The van der Waals surface area contributed by atoms with Gasteiger partial charge in [-0.2, -0.15) is 0 Å². The van der Waals surface area contributed by atoms with E-state index in [0.29, 0.717) is 17.5 Å². The van der Waals surface area contributed by atoms with Gasteiger partial charge in [-0.15, -0.1) is 0 Å². The normalized spacial score (nSPS) is 15.7. The zero-order chi connectivity index (χ0) is 18.0. The van der Waals surface area contributed by atoms with Gasteiger partial charge in [-0.1, -0.05) is 11.9 Å². The number of rotatable bonds is 13. The van der Waals surface area contributed by atoms with Crippen LogP contribution in [0.25, 0.3) is 0 Å². The topological polar surface area (TPSA) is 42.6 Å². The molecule has 0 aromatic carbocycles. The van der Waals surface area contributed by atoms with Gasteiger partial charge in [0.25, 0.3) is 0 Å². The molecule has 0 aliphatic carbocycles. The zero-order valence-corrected chi connectivity index (χ0v) is 17.7. The third kappa shape index (κ3) is 13.2. The second-order valence-electron chi connectivity index (χ2n) is 7.67. The van der Waals surface area contributed by atoms with Crippen molar-refractivity contribution in [2.45, 2.75) is 71.1 Å². The summed E-state index contributed by atoms with van der Waals surface area (Å²) in [5.74, 6) is 0. The minimum atomic E-state index is -0.0606. The van der Waals surface area contributed by atoms with E-state index in [1.54, 1.807) is 11.9 Å². The van der Waals surface area contributed by atoms with Gasteiger partial charge in [-0.25, -0.2) is 4.72 Å². The fourth-order valence-electron chi connectivity index (χ4n) is 2.29. The Kier molecular flexibility index (Phi) is 11.7. The molecule has 0 rings (SSSR count). The third-order valence-electron chi connectivity index (χ3n) is 3.72. The molecule has 0 aromatic rings. The van der Waals surface area contributed by atoms with Crippen molar-refractivity contribution in [2.24, 2.45) is 0 Å². The summed E-state index contributed by atoms with van der Waals surface area (Å²) in [4.78, 5) is 4.62. The molecule has 0 bridgehead atoms. The molecule has 0 radical (unpaired) electrons. The Bertz CT molecular complexity index is 297. The molecule has 0 saturated carbocycles. The van der Waals surface area contributed by atoms with Crippen LogP contribution in [0, 0.1) is 0 Å². The highest BCUT2D eigenvalue weighted by Crippen LogP contribution is 2.15. The molecule has 3 N–H and O–H groups in total. The lowest BCUT2D eigenvalue weighted by molar-refractivity contribution is 0.295. The van der Waals surface area contributed by atoms with Crippen molar-refractivity contribution < 1.29 is 0 Å². The van der Waals surface area contributed by atoms with Crippen molar-refractivity contribution in [2.75, 3.05) is 40.8 Å². The van der Waals surface area contributed by atoms with Crippen LogP contribution in [0.4, 0.5) is 0 Å². The van der Waals surface area contributed by atoms with Gasteiger partial charge in [0.2, 0.25) is 0 Å². The molecule has 0 heterocycles. The molecular weight excluding hydrogens is 306 g/mol. The first-order chi connectivity index (χ1) is 10.5. The van der Waals surface area contributed by atoms with E-state index < -0.39 is 0 Å². The number of nitrogens with zero attached hydrogens (tertiary/aromatic N) is 2. The van der Waals surface area contributed by atoms with Crippen molar-refractivity contribution in [1.82, 2.24) is 25.2 Å². The lowest BCUT2D eigenvalue weighted by Gasteiger charge is -2.33. The summed E-state index contributed by atoms with van der Waals surface area (Å²) in [6, 6.07) is 1.03. The quantitative estimate of drug-likeness (QED) is 0.350. The van der Waals surface area contributed by atoms with Crippen LogP contribution in [0.1, 0.15) is 48.0 Å². The minimum Gasteiger partial charge on any atom is -0.313 e. The van der Waals surface area contributed by atoms with E-state index >= 15 is 0 Å². The molecule has 0 fully saturated rings. The Morgan fingerprint density at radius 2 is 1.61 bits per heavy atom. The van der Waals surface area contributed by atoms with Gasteiger partial charge >= 0.3 is 0 Å². The molecule has 0 amide bonds. The van der Waals surface area contributed by atoms with Gasteiger partial charge in [-0.3, -0.25) is 10.2 Å². The average molecular weight is 348 g/mol. The van der Waals surface area contributed by atoms with E-state index in [9.17, 15) is 0 Å². The van der Waals surface area contributed by atoms with Crippen LogP contribution < -0.4 is 15.4 Å². The Morgan fingerprint density at radius 3 is 2.13 bits per heavy atom. The van der Waals surface area contributed by atoms with Crippen LogP contribution in [0.5, 0.6) is 0 Å². The molecule has 140 valence electrons. The molecule has 0 aromatic heterocycles. The standard InChI is InChI=1S/C17H41N5S/c1-14(2)19-17(5,6)20-23-16(4)22(9)12-10-15(3)18-11-13-21(7)8/h14-16,18-20H,10-13H2,1-9H3. The maximum absolute atomic E-state index is 3.59. The molecule has 2 atom stereocenters. The molecule has 2 unspecified atom stereocenters. The van der Waals surface area contributed by atoms with Crippen LogP contribution in [-0.4, -0.2) is 73.7 Å². The van der Waals surface area contributed by atoms with Crippen LogP contribution >= 0.6 is 11.9 Å². The van der Waals surface area contributed by atoms with Crippen molar-refractivity contribution >= 4 is 11.9 Å². The molecule has 6 heteroatoms. The van der Waals surface area contributed by atoms with Gasteiger partial charge in [-0.05, 0) is 69.1 Å². The summed E-state index contributed by atoms with van der Waals surface area (Å²) in [6.07, 6.45) is 1.17. The fraction of sp³-hybridized carbons (Fsp3) is 1.00. The maximum atomic E-state index is 3.59. The van der Waals surface area contributed by atoms with Crippen molar-refractivity contribution in [3.05, 3.63) is 0 Å². The summed E-state index contributed by atoms with van der Waals surface area (Å²) < 4.78 is 3.55. The Balaban J connectivity index is 3.95. The molecular formula is C17H41N5S. The van der Waals surface area contributed by atoms with Crippen LogP contribution in [0.15, 0.2) is 0 Å². The van der Waals surface area contributed by atoms with Crippen LogP contribution in [-0.2, 0) is 0 Å². The van der Waals surface area contributed by atoms with E-state index in [0.717, 1.165) is 19.6 Å². The van der Waals surface area contributed by atoms with Gasteiger partial charge in [0, 0.05) is 31.7 Å². The maximum Gasteiger partial charge on any atom is 0.0725 e. The van der Waals surface area contributed by atoms with Gasteiger partial charge in [0.05, 0.1) is 11.0 Å². The second-order valence-corrected chi connectivity index (χ2v) is 8.79. The Morgan fingerprint density at radius 1 is 1.00 bits per heavy atom. The second kappa shape index (κ2) is 11.7. The van der Waals surface area contributed by atoms with Crippen LogP contribution in [0.3, 0.4) is 0 Å². The first-order valence-corrected chi connectivity index (χ1v) is 9.70. The smallest absolute Gasteiger partial charge is 0.0725 e. The van der Waals surface area contributed by atoms with E-state index in [1.165, 1.54) is 6.42 Å². The molecule has 23 heavy (non-hydrogen) atoms. The monoisotopic (exact) mass is 347 g/mol. The first-order valence-electron chi connectivity index (χ1n) is 8.82. The van der Waals surface area contributed by atoms with Gasteiger partial charge in [0.15, 0.2) is 0 Å². The van der Waals surface area contributed by atoms with Gasteiger partial charge in [0.1, 0.15) is 0 Å². The van der Waals surface area contributed by atoms with Gasteiger partial charge < -0.3 is 10.2 Å². The van der Waals surface area contributed by atoms with Crippen LogP contribution in [0.2, 0.25) is 0 Å². The number of hydrogen-bond acceptors (Lipinski definition) is 6. The van der Waals surface area contributed by atoms with E-state index in [2.05, 4.69) is 87.8 Å². The lowest BCUT2D eigenvalue weighted by Crippen LogP contribution is -2.52. The molecule has 0 aliphatic rings. The summed E-state index contributed by atoms with van der Waals surface area (Å²) in [5.41, 5.74) is -0.0606. The lowest BCUT2D eigenvalue weighted by atomic mass is 10.2. The Hall–Kier alpha value is 0.150. The third-order valence-corrected chi connectivity index (χ3v) is 5.05. The summed E-state index contributed by atoms with van der Waals surface area (Å²) >= 11 is 1.79. The molecule has 0 saturated heterocycles. The summed E-state index contributed by atoms with van der Waals surface area (Å²) in [7, 11) is 6.43. The largest absolute Gasteiger partial charge is 0.313 e. The fourth-order valence-corrected chi connectivity index (χ4v) is 3.10. The molecule has 5 nitrogen and oxygen atoms in total. The predicted octanol–water partition coefficient (Wildman–Crippen LogP) is 2.17. The number of likely N-dealkylation sites (N-methyl/N-ethyl adjacent to an activating group) is 1. The number of hydrogen-bond donors (Lipinski definition) is 3. The average Bonchev–Trinajstić information content (AvgIpc) is 2.40. The summed E-state index contributed by atoms with van der Waals surface area (Å²) in [6.45, 7) is 16.5. The van der Waals surface area contributed by atoms with Crippen molar-refractivity contribution in [1.29, 1.82) is 0 Å². The minimum absolute atomic E-state index is 0.0606.